The second kappa shape index (κ2) is 8.61. The summed E-state index contributed by atoms with van der Waals surface area (Å²) in [5.41, 5.74) is 0.855. The third-order valence-electron chi connectivity index (χ3n) is 6.41. The van der Waals surface area contributed by atoms with Crippen molar-refractivity contribution in [1.82, 2.24) is 15.1 Å². The first-order valence-corrected chi connectivity index (χ1v) is 11.4. The number of benzene rings is 1. The number of methoxy groups -OCH3 is 1. The van der Waals surface area contributed by atoms with Crippen LogP contribution in [-0.4, -0.2) is 77.9 Å². The zero-order valence-electron chi connectivity index (χ0n) is 19.2. The van der Waals surface area contributed by atoms with E-state index in [0.717, 1.165) is 5.56 Å². The number of aliphatic imine (C=N–C) groups is 1. The van der Waals surface area contributed by atoms with Crippen molar-refractivity contribution < 1.29 is 19.1 Å². The number of morpholine rings is 1. The van der Waals surface area contributed by atoms with Crippen LogP contribution in [0.5, 0.6) is 0 Å². The van der Waals surface area contributed by atoms with E-state index in [4.69, 9.17) is 21.1 Å². The normalized spacial score (nSPS) is 20.4. The smallest absolute Gasteiger partial charge is 0.331 e. The summed E-state index contributed by atoms with van der Waals surface area (Å²) in [7, 11) is 1.51. The molecule has 34 heavy (non-hydrogen) atoms. The molecule has 3 aliphatic rings. The fraction of sp³-hybridized carbons (Fsp3) is 0.435. The van der Waals surface area contributed by atoms with Crippen LogP contribution in [0.2, 0.25) is 5.02 Å². The van der Waals surface area contributed by atoms with Gasteiger partial charge in [-0.1, -0.05) is 23.7 Å². The number of amidine groups is 1. The second-order valence-electron chi connectivity index (χ2n) is 8.88. The average Bonchev–Trinajstić information content (AvgIpc) is 3.21. The number of amides is 3. The molecule has 3 amide bonds. The minimum atomic E-state index is -0.956. The molecule has 5 rings (SSSR count). The number of carbonyl (C=O) groups is 2. The van der Waals surface area contributed by atoms with Gasteiger partial charge in [0.25, 0.3) is 5.91 Å². The van der Waals surface area contributed by atoms with Gasteiger partial charge in [-0.3, -0.25) is 14.6 Å². The lowest BCUT2D eigenvalue weighted by Gasteiger charge is -2.41. The van der Waals surface area contributed by atoms with Crippen LogP contribution in [0.3, 0.4) is 0 Å². The lowest BCUT2D eigenvalue weighted by atomic mass is 9.96. The molecule has 1 atom stereocenters. The van der Waals surface area contributed by atoms with Crippen molar-refractivity contribution in [1.29, 1.82) is 0 Å². The summed E-state index contributed by atoms with van der Waals surface area (Å²) >= 11 is 6.06. The number of hydrogen-bond donors (Lipinski definition) is 0. The van der Waals surface area contributed by atoms with E-state index in [2.05, 4.69) is 20.1 Å². The highest BCUT2D eigenvalue weighted by molar-refractivity contribution is 6.30. The Morgan fingerprint density at radius 3 is 2.53 bits per heavy atom. The first-order chi connectivity index (χ1) is 16.3. The minimum absolute atomic E-state index is 0.202. The second-order valence-corrected chi connectivity index (χ2v) is 9.32. The Labute approximate surface area is 202 Å². The van der Waals surface area contributed by atoms with Crippen molar-refractivity contribution in [2.24, 2.45) is 4.99 Å². The standard InChI is InChI=1S/C23H25ClN6O4/c1-23(2,33-3)19-21(31)25-20-18-16(12-17(26-27-18)28-8-10-34-11-9-28)29(22(32)30(19)20)13-14-4-6-15(24)7-5-14/h4-7,12,19H,8-11,13H2,1-3H3. The molecule has 1 unspecified atom stereocenters. The molecule has 0 bridgehead atoms. The maximum Gasteiger partial charge on any atom is 0.331 e. The fourth-order valence-corrected chi connectivity index (χ4v) is 4.51. The molecule has 0 saturated carbocycles. The predicted octanol–water partition coefficient (Wildman–Crippen LogP) is 2.49. The van der Waals surface area contributed by atoms with Gasteiger partial charge in [0, 0.05) is 31.3 Å². The number of ether oxygens (including phenoxy) is 2. The number of carbonyl (C=O) groups excluding carboxylic acids is 2. The van der Waals surface area contributed by atoms with E-state index in [0.29, 0.717) is 48.5 Å². The molecule has 178 valence electrons. The van der Waals surface area contributed by atoms with E-state index in [-0.39, 0.29) is 18.4 Å². The highest BCUT2D eigenvalue weighted by atomic mass is 35.5. The number of hydrogen-bond acceptors (Lipinski definition) is 7. The highest BCUT2D eigenvalue weighted by Crippen LogP contribution is 2.38. The van der Waals surface area contributed by atoms with Gasteiger partial charge < -0.3 is 14.4 Å². The number of fused-ring (bicyclic) bond motifs is 3. The lowest BCUT2D eigenvalue weighted by Crippen LogP contribution is -2.60. The van der Waals surface area contributed by atoms with Gasteiger partial charge in [-0.05, 0) is 31.5 Å². The Morgan fingerprint density at radius 2 is 1.85 bits per heavy atom. The number of aromatic nitrogens is 2. The maximum absolute atomic E-state index is 13.9. The van der Waals surface area contributed by atoms with Gasteiger partial charge in [0.15, 0.2) is 17.3 Å². The molecule has 0 spiro atoms. The van der Waals surface area contributed by atoms with Gasteiger partial charge in [-0.15, -0.1) is 10.2 Å². The van der Waals surface area contributed by atoms with Gasteiger partial charge >= 0.3 is 6.03 Å². The van der Waals surface area contributed by atoms with Crippen LogP contribution >= 0.6 is 11.6 Å². The van der Waals surface area contributed by atoms with E-state index in [1.54, 1.807) is 30.9 Å². The fourth-order valence-electron chi connectivity index (χ4n) is 4.38. The summed E-state index contributed by atoms with van der Waals surface area (Å²) in [6, 6.07) is 7.83. The summed E-state index contributed by atoms with van der Waals surface area (Å²) in [6.07, 6.45) is 0. The van der Waals surface area contributed by atoms with E-state index in [1.807, 2.05) is 18.2 Å². The molecule has 0 aliphatic carbocycles. The van der Waals surface area contributed by atoms with Gasteiger partial charge in [0.1, 0.15) is 6.04 Å². The summed E-state index contributed by atoms with van der Waals surface area (Å²) in [5, 5.41) is 9.45. The van der Waals surface area contributed by atoms with Crippen molar-refractivity contribution >= 4 is 40.9 Å². The first kappa shape index (κ1) is 22.7. The number of halogens is 1. The van der Waals surface area contributed by atoms with Crippen LogP contribution < -0.4 is 9.80 Å². The molecule has 0 radical (unpaired) electrons. The Morgan fingerprint density at radius 1 is 1.15 bits per heavy atom. The number of rotatable bonds is 5. The molecule has 2 aromatic rings. The molecule has 10 nitrogen and oxygen atoms in total. The van der Waals surface area contributed by atoms with Crippen LogP contribution in [0.1, 0.15) is 25.1 Å². The Hall–Kier alpha value is -3.08. The largest absolute Gasteiger partial charge is 0.378 e. The van der Waals surface area contributed by atoms with Crippen molar-refractivity contribution in [3.8, 4) is 0 Å². The predicted molar refractivity (Wildman–Crippen MR) is 126 cm³/mol. The van der Waals surface area contributed by atoms with Crippen LogP contribution in [0.25, 0.3) is 0 Å². The molecule has 11 heteroatoms. The summed E-state index contributed by atoms with van der Waals surface area (Å²) in [4.78, 5) is 36.1. The summed E-state index contributed by atoms with van der Waals surface area (Å²) < 4.78 is 11.0. The van der Waals surface area contributed by atoms with Gasteiger partial charge in [0.2, 0.25) is 0 Å². The van der Waals surface area contributed by atoms with Gasteiger partial charge in [-0.25, -0.2) is 4.79 Å². The number of nitrogens with zero attached hydrogens (tertiary/aromatic N) is 6. The van der Waals surface area contributed by atoms with Crippen molar-refractivity contribution in [2.75, 3.05) is 43.2 Å². The molecular formula is C23H25ClN6O4. The molecule has 1 aromatic carbocycles. The zero-order valence-corrected chi connectivity index (χ0v) is 19.9. The topological polar surface area (TPSA) is 100 Å². The maximum atomic E-state index is 13.9. The van der Waals surface area contributed by atoms with Crippen LogP contribution in [-0.2, 0) is 20.8 Å². The molecule has 1 saturated heterocycles. The van der Waals surface area contributed by atoms with Gasteiger partial charge in [0.05, 0.1) is 31.0 Å². The van der Waals surface area contributed by atoms with Crippen LogP contribution in [0.4, 0.5) is 16.3 Å². The van der Waals surface area contributed by atoms with E-state index in [9.17, 15) is 9.59 Å². The molecule has 1 fully saturated rings. The number of anilines is 2. The quantitative estimate of drug-likeness (QED) is 0.642. The van der Waals surface area contributed by atoms with Crippen molar-refractivity contribution in [3.05, 3.63) is 46.6 Å². The first-order valence-electron chi connectivity index (χ1n) is 11.0. The van der Waals surface area contributed by atoms with Crippen LogP contribution in [0.15, 0.2) is 35.3 Å². The third kappa shape index (κ3) is 3.81. The lowest BCUT2D eigenvalue weighted by molar-refractivity contribution is -0.128. The monoisotopic (exact) mass is 484 g/mol. The SMILES string of the molecule is COC(C)(C)C1C(=O)N=C2c3nnc(N4CCOCC4)cc3N(Cc3ccc(Cl)cc3)C(=O)N21. The zero-order chi connectivity index (χ0) is 24.0. The van der Waals surface area contributed by atoms with Gasteiger partial charge in [-0.2, -0.15) is 4.99 Å². The van der Waals surface area contributed by atoms with E-state index < -0.39 is 17.6 Å². The Balaban J connectivity index is 1.61. The minimum Gasteiger partial charge on any atom is -0.378 e. The molecule has 3 aliphatic heterocycles. The molecular weight excluding hydrogens is 460 g/mol. The van der Waals surface area contributed by atoms with Crippen molar-refractivity contribution in [2.45, 2.75) is 32.0 Å². The third-order valence-corrected chi connectivity index (χ3v) is 6.66. The number of urea groups is 1. The molecule has 0 N–H and O–H groups in total. The van der Waals surface area contributed by atoms with Crippen LogP contribution in [0, 0.1) is 0 Å². The van der Waals surface area contributed by atoms with E-state index >= 15 is 0 Å². The average molecular weight is 485 g/mol. The highest BCUT2D eigenvalue weighted by Gasteiger charge is 2.53. The Kier molecular flexibility index (Phi) is 5.75. The molecule has 1 aromatic heterocycles. The summed E-state index contributed by atoms with van der Waals surface area (Å²) in [5.74, 6) is 0.394. The van der Waals surface area contributed by atoms with Crippen molar-refractivity contribution in [3.63, 3.8) is 0 Å². The van der Waals surface area contributed by atoms with E-state index in [1.165, 1.54) is 12.0 Å². The summed E-state index contributed by atoms with van der Waals surface area (Å²) in [6.45, 7) is 6.31. The molecule has 4 heterocycles. The Bertz CT molecular complexity index is 1160.